The summed E-state index contributed by atoms with van der Waals surface area (Å²) in [5.41, 5.74) is 1.55. The third-order valence-electron chi connectivity index (χ3n) is 4.57. The first-order valence-electron chi connectivity index (χ1n) is 8.68. The van der Waals surface area contributed by atoms with Crippen molar-refractivity contribution in [1.82, 2.24) is 19.9 Å². The van der Waals surface area contributed by atoms with E-state index in [0.29, 0.717) is 18.8 Å². The van der Waals surface area contributed by atoms with Crippen molar-refractivity contribution in [1.29, 1.82) is 0 Å². The number of aryl methyl sites for hydroxylation is 2. The van der Waals surface area contributed by atoms with Crippen molar-refractivity contribution in [3.8, 4) is 0 Å². The number of thiazole rings is 1. The van der Waals surface area contributed by atoms with Crippen molar-refractivity contribution in [3.63, 3.8) is 0 Å². The average molecular weight is 360 g/mol. The number of rotatable bonds is 4. The Morgan fingerprint density at radius 3 is 2.80 bits per heavy atom. The second-order valence-corrected chi connectivity index (χ2v) is 8.16. The number of carbonyl (C=O) groups excluding carboxylic acids is 1. The number of H-pyrrole nitrogens is 1. The van der Waals surface area contributed by atoms with Crippen molar-refractivity contribution in [2.45, 2.75) is 58.9 Å². The number of aromatic amines is 1. The summed E-state index contributed by atoms with van der Waals surface area (Å²) < 4.78 is 0. The van der Waals surface area contributed by atoms with Gasteiger partial charge in [0.15, 0.2) is 0 Å². The second kappa shape index (κ2) is 7.07. The molecule has 2 aromatic rings. The van der Waals surface area contributed by atoms with Gasteiger partial charge in [-0.1, -0.05) is 13.8 Å². The molecule has 3 heterocycles. The maximum absolute atomic E-state index is 12.8. The zero-order valence-corrected chi connectivity index (χ0v) is 15.9. The molecule has 1 amide bonds. The van der Waals surface area contributed by atoms with Crippen LogP contribution in [0.3, 0.4) is 0 Å². The van der Waals surface area contributed by atoms with Gasteiger partial charge in [0, 0.05) is 17.5 Å². The zero-order valence-electron chi connectivity index (χ0n) is 15.1. The molecule has 1 atom stereocenters. The van der Waals surface area contributed by atoms with Gasteiger partial charge in [0.2, 0.25) is 5.91 Å². The molecule has 25 heavy (non-hydrogen) atoms. The summed E-state index contributed by atoms with van der Waals surface area (Å²) in [5.74, 6) is 0.862. The molecule has 1 N–H and O–H groups in total. The van der Waals surface area contributed by atoms with E-state index < -0.39 is 0 Å². The maximum atomic E-state index is 12.8. The highest BCUT2D eigenvalue weighted by Gasteiger charge is 2.32. The van der Waals surface area contributed by atoms with Crippen LogP contribution in [0.2, 0.25) is 0 Å². The van der Waals surface area contributed by atoms with E-state index in [1.165, 1.54) is 0 Å². The molecule has 1 saturated heterocycles. The topological polar surface area (TPSA) is 79.0 Å². The third-order valence-corrected chi connectivity index (χ3v) is 5.64. The molecule has 2 aromatic heterocycles. The fraction of sp³-hybridized carbons (Fsp3) is 0.556. The van der Waals surface area contributed by atoms with E-state index in [1.807, 2.05) is 32.6 Å². The molecule has 1 aliphatic heterocycles. The van der Waals surface area contributed by atoms with Crippen LogP contribution >= 0.6 is 11.3 Å². The van der Waals surface area contributed by atoms with E-state index in [0.717, 1.165) is 34.1 Å². The average Bonchev–Trinajstić information content (AvgIpc) is 3.13. The quantitative estimate of drug-likeness (QED) is 0.909. The number of carbonyl (C=O) groups is 1. The molecule has 0 radical (unpaired) electrons. The van der Waals surface area contributed by atoms with Gasteiger partial charge >= 0.3 is 0 Å². The standard InChI is InChI=1S/C18H24N4O2S/c1-10(2)13-8-16(23)21-18(20-13)14-6-5-7-22(14)17(24)9-15-11(3)19-12(4)25-15/h8,10,14H,5-7,9H2,1-4H3,(H,20,21,23)/t14-/m1/s1. The van der Waals surface area contributed by atoms with E-state index in [-0.39, 0.29) is 23.4 Å². The summed E-state index contributed by atoms with van der Waals surface area (Å²) in [6, 6.07) is 1.40. The summed E-state index contributed by atoms with van der Waals surface area (Å²) in [5, 5.41) is 0.980. The molecular formula is C18H24N4O2S. The van der Waals surface area contributed by atoms with Gasteiger partial charge in [-0.2, -0.15) is 0 Å². The van der Waals surface area contributed by atoms with E-state index in [9.17, 15) is 9.59 Å². The lowest BCUT2D eigenvalue weighted by Gasteiger charge is -2.24. The minimum Gasteiger partial charge on any atom is -0.332 e. The number of hydrogen-bond acceptors (Lipinski definition) is 5. The molecule has 0 unspecified atom stereocenters. The predicted octanol–water partition coefficient (Wildman–Crippen LogP) is 2.87. The number of aromatic nitrogens is 3. The normalized spacial score (nSPS) is 17.5. The van der Waals surface area contributed by atoms with Gasteiger partial charge in [0.25, 0.3) is 5.56 Å². The number of nitrogens with zero attached hydrogens (tertiary/aromatic N) is 3. The lowest BCUT2D eigenvalue weighted by Crippen LogP contribution is -2.33. The first-order chi connectivity index (χ1) is 11.8. The lowest BCUT2D eigenvalue weighted by molar-refractivity contribution is -0.131. The largest absolute Gasteiger partial charge is 0.332 e. The fourth-order valence-electron chi connectivity index (χ4n) is 3.28. The van der Waals surface area contributed by atoms with Crippen molar-refractivity contribution in [2.75, 3.05) is 6.54 Å². The molecule has 0 aliphatic carbocycles. The first-order valence-corrected chi connectivity index (χ1v) is 9.50. The minimum absolute atomic E-state index is 0.0758. The van der Waals surface area contributed by atoms with E-state index in [4.69, 9.17) is 0 Å². The monoisotopic (exact) mass is 360 g/mol. The van der Waals surface area contributed by atoms with Crippen molar-refractivity contribution >= 4 is 17.2 Å². The lowest BCUT2D eigenvalue weighted by atomic mass is 10.1. The number of amides is 1. The molecule has 1 aliphatic rings. The molecule has 6 nitrogen and oxygen atoms in total. The highest BCUT2D eigenvalue weighted by atomic mass is 32.1. The van der Waals surface area contributed by atoms with Gasteiger partial charge in [0.05, 0.1) is 28.9 Å². The summed E-state index contributed by atoms with van der Waals surface area (Å²) in [4.78, 5) is 39.6. The van der Waals surface area contributed by atoms with Crippen LogP contribution in [0.4, 0.5) is 0 Å². The van der Waals surface area contributed by atoms with E-state index >= 15 is 0 Å². The van der Waals surface area contributed by atoms with Crippen LogP contribution in [-0.4, -0.2) is 32.3 Å². The van der Waals surface area contributed by atoms with Crippen LogP contribution in [0.15, 0.2) is 10.9 Å². The number of likely N-dealkylation sites (tertiary alicyclic amines) is 1. The summed E-state index contributed by atoms with van der Waals surface area (Å²) in [6.45, 7) is 8.63. The predicted molar refractivity (Wildman–Crippen MR) is 97.9 cm³/mol. The fourth-order valence-corrected chi connectivity index (χ4v) is 4.20. The van der Waals surface area contributed by atoms with Gasteiger partial charge in [-0.25, -0.2) is 9.97 Å². The molecule has 0 spiro atoms. The highest BCUT2D eigenvalue weighted by Crippen LogP contribution is 2.31. The molecule has 0 saturated carbocycles. The van der Waals surface area contributed by atoms with Crippen molar-refractivity contribution in [3.05, 3.63) is 43.5 Å². The Kier molecular flexibility index (Phi) is 5.03. The smallest absolute Gasteiger partial charge is 0.251 e. The van der Waals surface area contributed by atoms with Crippen LogP contribution in [0.25, 0.3) is 0 Å². The van der Waals surface area contributed by atoms with Gasteiger partial charge in [0.1, 0.15) is 5.82 Å². The molecular weight excluding hydrogens is 336 g/mol. The van der Waals surface area contributed by atoms with Gasteiger partial charge in [-0.05, 0) is 32.6 Å². The Labute approximate surface area is 151 Å². The molecule has 0 bridgehead atoms. The zero-order chi connectivity index (χ0) is 18.1. The van der Waals surface area contributed by atoms with Crippen LogP contribution < -0.4 is 5.56 Å². The van der Waals surface area contributed by atoms with E-state index in [2.05, 4.69) is 15.0 Å². The van der Waals surface area contributed by atoms with Crippen LogP contribution in [-0.2, 0) is 11.2 Å². The van der Waals surface area contributed by atoms with Crippen molar-refractivity contribution < 1.29 is 4.79 Å². The summed E-state index contributed by atoms with van der Waals surface area (Å²) >= 11 is 1.58. The Bertz CT molecular complexity index is 840. The Morgan fingerprint density at radius 1 is 1.40 bits per heavy atom. The van der Waals surface area contributed by atoms with Gasteiger partial charge in [-0.3, -0.25) is 9.59 Å². The Balaban J connectivity index is 1.84. The van der Waals surface area contributed by atoms with E-state index in [1.54, 1.807) is 17.4 Å². The third kappa shape index (κ3) is 3.81. The summed E-state index contributed by atoms with van der Waals surface area (Å²) in [6.07, 6.45) is 2.12. The second-order valence-electron chi connectivity index (χ2n) is 6.87. The summed E-state index contributed by atoms with van der Waals surface area (Å²) in [7, 11) is 0. The minimum atomic E-state index is -0.151. The maximum Gasteiger partial charge on any atom is 0.251 e. The van der Waals surface area contributed by atoms with Crippen LogP contribution in [0.5, 0.6) is 0 Å². The molecule has 3 rings (SSSR count). The van der Waals surface area contributed by atoms with Gasteiger partial charge < -0.3 is 9.88 Å². The number of hydrogen-bond donors (Lipinski definition) is 1. The Hall–Kier alpha value is -2.02. The van der Waals surface area contributed by atoms with Crippen molar-refractivity contribution in [2.24, 2.45) is 0 Å². The Morgan fingerprint density at radius 2 is 2.16 bits per heavy atom. The molecule has 1 fully saturated rings. The van der Waals surface area contributed by atoms with Crippen LogP contribution in [0.1, 0.15) is 65.7 Å². The molecule has 0 aromatic carbocycles. The number of nitrogens with one attached hydrogen (secondary N) is 1. The van der Waals surface area contributed by atoms with Gasteiger partial charge in [-0.15, -0.1) is 11.3 Å². The SMILES string of the molecule is Cc1nc(C)c(CC(=O)N2CCC[C@@H]2c2nc(C(C)C)cc(=O)[nH]2)s1. The molecule has 134 valence electrons. The molecule has 7 heteroatoms. The highest BCUT2D eigenvalue weighted by molar-refractivity contribution is 7.11. The first kappa shape index (κ1) is 17.8. The van der Waals surface area contributed by atoms with Crippen LogP contribution in [0, 0.1) is 13.8 Å².